The van der Waals surface area contributed by atoms with Gasteiger partial charge in [-0.1, -0.05) is 6.92 Å². The Hall–Kier alpha value is -1.20. The van der Waals surface area contributed by atoms with E-state index in [0.717, 1.165) is 44.2 Å². The van der Waals surface area contributed by atoms with E-state index in [-0.39, 0.29) is 5.54 Å². The number of nitrogens with one attached hydrogen (secondary N) is 1. The molecule has 0 spiro atoms. The van der Waals surface area contributed by atoms with Gasteiger partial charge in [0.05, 0.1) is 37.3 Å². The molecule has 0 saturated carbocycles. The van der Waals surface area contributed by atoms with Gasteiger partial charge in [-0.05, 0) is 27.2 Å². The molecule has 0 aromatic carbocycles. The Kier molecular flexibility index (Phi) is 4.94. The smallest absolute Gasteiger partial charge is 0.147 e. The predicted octanol–water partition coefficient (Wildman–Crippen LogP) is 1.98. The van der Waals surface area contributed by atoms with Crippen LogP contribution in [0.2, 0.25) is 0 Å². The van der Waals surface area contributed by atoms with Crippen LogP contribution in [0.3, 0.4) is 0 Å². The lowest BCUT2D eigenvalue weighted by Crippen LogP contribution is -2.45. The highest BCUT2D eigenvalue weighted by Crippen LogP contribution is 2.18. The van der Waals surface area contributed by atoms with Crippen LogP contribution >= 0.6 is 0 Å². The fourth-order valence-corrected chi connectivity index (χ4v) is 2.24. The van der Waals surface area contributed by atoms with E-state index in [1.165, 1.54) is 0 Å². The lowest BCUT2D eigenvalue weighted by molar-refractivity contribution is 0.0925. The highest BCUT2D eigenvalue weighted by atomic mass is 16.5. The molecule has 0 amide bonds. The van der Waals surface area contributed by atoms with Gasteiger partial charge in [0.1, 0.15) is 5.82 Å². The third kappa shape index (κ3) is 4.15. The van der Waals surface area contributed by atoms with Crippen molar-refractivity contribution in [1.82, 2.24) is 15.3 Å². The maximum atomic E-state index is 5.52. The molecule has 1 saturated heterocycles. The van der Waals surface area contributed by atoms with Crippen molar-refractivity contribution in [3.05, 3.63) is 18.1 Å². The summed E-state index contributed by atoms with van der Waals surface area (Å²) < 4.78 is 5.52. The summed E-state index contributed by atoms with van der Waals surface area (Å²) in [5.41, 5.74) is 1.07. The molecule has 1 aliphatic heterocycles. The Bertz CT molecular complexity index is 413. The summed E-state index contributed by atoms with van der Waals surface area (Å²) in [6.45, 7) is 11.8. The van der Waals surface area contributed by atoms with Gasteiger partial charge in [0.15, 0.2) is 0 Å². The summed E-state index contributed by atoms with van der Waals surface area (Å²) >= 11 is 0. The van der Waals surface area contributed by atoms with E-state index in [1.54, 1.807) is 0 Å². The summed E-state index contributed by atoms with van der Waals surface area (Å²) in [6, 6.07) is 0.414. The van der Waals surface area contributed by atoms with Gasteiger partial charge < -0.3 is 15.0 Å². The topological polar surface area (TPSA) is 50.3 Å². The summed E-state index contributed by atoms with van der Waals surface area (Å²) in [5, 5.41) is 3.42. The van der Waals surface area contributed by atoms with Gasteiger partial charge in [-0.15, -0.1) is 0 Å². The fourth-order valence-electron chi connectivity index (χ4n) is 2.24. The lowest BCUT2D eigenvalue weighted by Gasteiger charge is -2.35. The van der Waals surface area contributed by atoms with Gasteiger partial charge in [-0.25, -0.2) is 4.98 Å². The third-order valence-electron chi connectivity index (χ3n) is 3.48. The van der Waals surface area contributed by atoms with Crippen LogP contribution in [0.4, 0.5) is 5.82 Å². The minimum Gasteiger partial charge on any atom is -0.377 e. The molecule has 112 valence electrons. The average molecular weight is 278 g/mol. The van der Waals surface area contributed by atoms with Gasteiger partial charge in [0.25, 0.3) is 0 Å². The zero-order valence-corrected chi connectivity index (χ0v) is 13.0. The molecule has 0 aliphatic carbocycles. The van der Waals surface area contributed by atoms with E-state index in [2.05, 4.69) is 47.9 Å². The van der Waals surface area contributed by atoms with Crippen molar-refractivity contribution >= 4 is 5.82 Å². The number of aromatic nitrogens is 2. The number of morpholine rings is 1. The van der Waals surface area contributed by atoms with Gasteiger partial charge in [-0.2, -0.15) is 0 Å². The molecule has 1 fully saturated rings. The second kappa shape index (κ2) is 6.50. The summed E-state index contributed by atoms with van der Waals surface area (Å²) in [7, 11) is 0. The minimum absolute atomic E-state index is 0.0951. The molecule has 0 radical (unpaired) electrons. The third-order valence-corrected chi connectivity index (χ3v) is 3.48. The number of hydrogen-bond acceptors (Lipinski definition) is 5. The van der Waals surface area contributed by atoms with Gasteiger partial charge in [0.2, 0.25) is 0 Å². The molecule has 1 aromatic rings. The Morgan fingerprint density at radius 3 is 2.75 bits per heavy atom. The average Bonchev–Trinajstić information content (AvgIpc) is 2.45. The number of hydrogen-bond donors (Lipinski definition) is 1. The maximum absolute atomic E-state index is 5.52. The molecule has 2 heterocycles. The standard InChI is InChI=1S/C15H26N4O/c1-5-13-11-20-7-6-19(13)14-10-16-12(8-17-14)9-18-15(2,3)4/h8,10,13,18H,5-7,9,11H2,1-4H3. The van der Waals surface area contributed by atoms with E-state index in [4.69, 9.17) is 4.74 Å². The highest BCUT2D eigenvalue weighted by Gasteiger charge is 2.22. The van der Waals surface area contributed by atoms with E-state index < -0.39 is 0 Å². The zero-order chi connectivity index (χ0) is 14.6. The Labute approximate surface area is 121 Å². The molecule has 5 heteroatoms. The maximum Gasteiger partial charge on any atom is 0.147 e. The molecule has 0 bridgehead atoms. The van der Waals surface area contributed by atoms with Crippen LogP contribution in [-0.4, -0.2) is 41.3 Å². The quantitative estimate of drug-likeness (QED) is 0.912. The minimum atomic E-state index is 0.0951. The molecule has 1 atom stereocenters. The first kappa shape index (κ1) is 15.2. The summed E-state index contributed by atoms with van der Waals surface area (Å²) in [6.07, 6.45) is 4.82. The van der Waals surface area contributed by atoms with Crippen molar-refractivity contribution < 1.29 is 4.74 Å². The SMILES string of the molecule is CCC1COCCN1c1cnc(CNC(C)(C)C)cn1. The Morgan fingerprint density at radius 2 is 2.15 bits per heavy atom. The van der Waals surface area contributed by atoms with Gasteiger partial charge >= 0.3 is 0 Å². The first-order valence-electron chi connectivity index (χ1n) is 7.40. The van der Waals surface area contributed by atoms with E-state index in [9.17, 15) is 0 Å². The molecular weight excluding hydrogens is 252 g/mol. The molecule has 20 heavy (non-hydrogen) atoms. The molecule has 1 aliphatic rings. The monoisotopic (exact) mass is 278 g/mol. The second-order valence-electron chi connectivity index (χ2n) is 6.30. The zero-order valence-electron chi connectivity index (χ0n) is 13.0. The number of anilines is 1. The Balaban J connectivity index is 2.00. The second-order valence-corrected chi connectivity index (χ2v) is 6.30. The van der Waals surface area contributed by atoms with Crippen LogP contribution in [0.15, 0.2) is 12.4 Å². The molecule has 1 N–H and O–H groups in total. The van der Waals surface area contributed by atoms with Crippen LogP contribution in [0.1, 0.15) is 39.8 Å². The van der Waals surface area contributed by atoms with Crippen molar-refractivity contribution in [2.24, 2.45) is 0 Å². The fraction of sp³-hybridized carbons (Fsp3) is 0.733. The molecule has 2 rings (SSSR count). The lowest BCUT2D eigenvalue weighted by atomic mass is 10.1. The van der Waals surface area contributed by atoms with Crippen LogP contribution in [0.25, 0.3) is 0 Å². The number of ether oxygens (including phenoxy) is 1. The first-order chi connectivity index (χ1) is 9.49. The van der Waals surface area contributed by atoms with Crippen LogP contribution in [0.5, 0.6) is 0 Å². The Morgan fingerprint density at radius 1 is 1.35 bits per heavy atom. The molecule has 5 nitrogen and oxygen atoms in total. The number of nitrogens with zero attached hydrogens (tertiary/aromatic N) is 3. The predicted molar refractivity (Wildman–Crippen MR) is 80.9 cm³/mol. The van der Waals surface area contributed by atoms with Crippen LogP contribution < -0.4 is 10.2 Å². The van der Waals surface area contributed by atoms with E-state index in [1.807, 2.05) is 12.4 Å². The van der Waals surface area contributed by atoms with Gasteiger partial charge in [-0.3, -0.25) is 4.98 Å². The number of rotatable bonds is 4. The molecular formula is C15H26N4O. The van der Waals surface area contributed by atoms with Crippen molar-refractivity contribution in [3.8, 4) is 0 Å². The summed E-state index contributed by atoms with van der Waals surface area (Å²) in [4.78, 5) is 11.4. The van der Waals surface area contributed by atoms with Crippen LogP contribution in [-0.2, 0) is 11.3 Å². The van der Waals surface area contributed by atoms with Crippen molar-refractivity contribution in [1.29, 1.82) is 0 Å². The van der Waals surface area contributed by atoms with E-state index in [0.29, 0.717) is 6.04 Å². The molecule has 1 unspecified atom stereocenters. The van der Waals surface area contributed by atoms with Crippen molar-refractivity contribution in [2.45, 2.75) is 52.2 Å². The highest BCUT2D eigenvalue weighted by molar-refractivity contribution is 5.38. The largest absolute Gasteiger partial charge is 0.377 e. The summed E-state index contributed by atoms with van der Waals surface area (Å²) in [5.74, 6) is 0.958. The van der Waals surface area contributed by atoms with Crippen LogP contribution in [0, 0.1) is 0 Å². The molecule has 1 aromatic heterocycles. The normalized spacial score (nSPS) is 20.2. The van der Waals surface area contributed by atoms with Crippen molar-refractivity contribution in [3.63, 3.8) is 0 Å². The first-order valence-corrected chi connectivity index (χ1v) is 7.40. The van der Waals surface area contributed by atoms with E-state index >= 15 is 0 Å². The van der Waals surface area contributed by atoms with Crippen molar-refractivity contribution in [2.75, 3.05) is 24.7 Å². The van der Waals surface area contributed by atoms with Gasteiger partial charge in [0, 0.05) is 18.6 Å².